The second-order valence-corrected chi connectivity index (χ2v) is 8.22. The summed E-state index contributed by atoms with van der Waals surface area (Å²) < 4.78 is 14.4. The van der Waals surface area contributed by atoms with Crippen molar-refractivity contribution in [1.82, 2.24) is 9.80 Å². The zero-order chi connectivity index (χ0) is 22.5. The molecule has 1 unspecified atom stereocenters. The van der Waals surface area contributed by atoms with Crippen LogP contribution in [-0.4, -0.2) is 72.4 Å². The lowest BCUT2D eigenvalue weighted by atomic mass is 10.1. The van der Waals surface area contributed by atoms with E-state index >= 15 is 0 Å². The molecule has 0 radical (unpaired) electrons. The van der Waals surface area contributed by atoms with Crippen LogP contribution in [-0.2, 0) is 11.2 Å². The first-order valence-electron chi connectivity index (χ1n) is 10.6. The first-order chi connectivity index (χ1) is 14.7. The van der Waals surface area contributed by atoms with Crippen molar-refractivity contribution in [2.24, 2.45) is 0 Å². The lowest BCUT2D eigenvalue weighted by Crippen LogP contribution is -2.52. The van der Waals surface area contributed by atoms with Gasteiger partial charge in [-0.05, 0) is 63.2 Å². The van der Waals surface area contributed by atoms with E-state index in [0.717, 1.165) is 12.0 Å². The summed E-state index contributed by atoms with van der Waals surface area (Å²) in [6, 6.07) is 11.9. The number of carbonyl (C=O) groups is 2. The van der Waals surface area contributed by atoms with Gasteiger partial charge in [0.15, 0.2) is 5.78 Å². The van der Waals surface area contributed by atoms with Crippen molar-refractivity contribution in [2.45, 2.75) is 26.3 Å². The molecule has 1 N–H and O–H groups in total. The van der Waals surface area contributed by atoms with E-state index in [1.54, 1.807) is 24.3 Å². The van der Waals surface area contributed by atoms with Crippen molar-refractivity contribution in [1.29, 1.82) is 0 Å². The average Bonchev–Trinajstić information content (AvgIpc) is 2.75. The normalized spacial score (nSPS) is 15.3. The van der Waals surface area contributed by atoms with Gasteiger partial charge in [0, 0.05) is 37.8 Å². The molecule has 2 aromatic carbocycles. The number of Topliss-reactive ketones (excluding diaryl/α,β-unsaturated/α-hetero) is 1. The van der Waals surface area contributed by atoms with Crippen LogP contribution in [0.15, 0.2) is 42.5 Å². The molecular formula is C24H30FN3O3. The number of nitrogens with zero attached hydrogens (tertiary/aromatic N) is 3. The van der Waals surface area contributed by atoms with Crippen molar-refractivity contribution < 1.29 is 19.1 Å². The Kier molecular flexibility index (Phi) is 7.28. The SMILES string of the molecule is CC(=O)c1ccc(N2CCN(C(=O)CN(C)C(C)Cc3ccc(O)cc3)CC2)c(F)c1. The Morgan fingerprint density at radius 1 is 1.10 bits per heavy atom. The number of ketones is 1. The molecule has 0 spiro atoms. The molecule has 7 heteroatoms. The highest BCUT2D eigenvalue weighted by molar-refractivity contribution is 5.94. The Morgan fingerprint density at radius 3 is 2.32 bits per heavy atom. The molecule has 0 saturated carbocycles. The van der Waals surface area contributed by atoms with Crippen molar-refractivity contribution in [3.63, 3.8) is 0 Å². The predicted molar refractivity (Wildman–Crippen MR) is 119 cm³/mol. The molecule has 1 aliphatic rings. The van der Waals surface area contributed by atoms with Gasteiger partial charge < -0.3 is 14.9 Å². The van der Waals surface area contributed by atoms with Crippen LogP contribution in [0.1, 0.15) is 29.8 Å². The van der Waals surface area contributed by atoms with E-state index in [9.17, 15) is 19.1 Å². The first-order valence-corrected chi connectivity index (χ1v) is 10.6. The van der Waals surface area contributed by atoms with Crippen LogP contribution >= 0.6 is 0 Å². The van der Waals surface area contributed by atoms with Crippen molar-refractivity contribution in [2.75, 3.05) is 44.7 Å². The standard InChI is InChI=1S/C24H30FN3O3/c1-17(14-19-4-7-21(30)8-5-19)26(3)16-24(31)28-12-10-27(11-13-28)23-9-6-20(18(2)29)15-22(23)25/h4-9,15,17,30H,10-14,16H2,1-3H3. The van der Waals surface area contributed by atoms with E-state index in [2.05, 4.69) is 6.92 Å². The minimum absolute atomic E-state index is 0.0621. The third-order valence-corrected chi connectivity index (χ3v) is 5.93. The molecule has 0 aromatic heterocycles. The number of phenolic OH excluding ortho intramolecular Hbond substituents is 1. The van der Waals surface area contributed by atoms with Crippen LogP contribution in [0.5, 0.6) is 5.75 Å². The fraction of sp³-hybridized carbons (Fsp3) is 0.417. The number of hydrogen-bond acceptors (Lipinski definition) is 5. The maximum Gasteiger partial charge on any atom is 0.236 e. The van der Waals surface area contributed by atoms with Crippen molar-refractivity contribution in [3.05, 3.63) is 59.4 Å². The van der Waals surface area contributed by atoms with E-state index in [-0.39, 0.29) is 23.5 Å². The summed E-state index contributed by atoms with van der Waals surface area (Å²) in [5.74, 6) is -0.263. The van der Waals surface area contributed by atoms with Gasteiger partial charge in [-0.2, -0.15) is 0 Å². The minimum Gasteiger partial charge on any atom is -0.508 e. The lowest BCUT2D eigenvalue weighted by molar-refractivity contribution is -0.132. The summed E-state index contributed by atoms with van der Waals surface area (Å²) >= 11 is 0. The number of aromatic hydroxyl groups is 1. The summed E-state index contributed by atoms with van der Waals surface area (Å²) in [6.45, 7) is 5.98. The third-order valence-electron chi connectivity index (χ3n) is 5.93. The van der Waals surface area contributed by atoms with Crippen LogP contribution in [0.2, 0.25) is 0 Å². The Hall–Kier alpha value is -2.93. The number of carbonyl (C=O) groups excluding carboxylic acids is 2. The molecule has 2 aromatic rings. The highest BCUT2D eigenvalue weighted by Gasteiger charge is 2.24. The van der Waals surface area contributed by atoms with E-state index in [0.29, 0.717) is 44.0 Å². The van der Waals surface area contributed by atoms with Gasteiger partial charge in [0.1, 0.15) is 11.6 Å². The fourth-order valence-electron chi connectivity index (χ4n) is 3.78. The quantitative estimate of drug-likeness (QED) is 0.689. The largest absolute Gasteiger partial charge is 0.508 e. The Balaban J connectivity index is 1.50. The monoisotopic (exact) mass is 427 g/mol. The Labute approximate surface area is 182 Å². The number of anilines is 1. The molecular weight excluding hydrogens is 397 g/mol. The number of hydrogen-bond donors (Lipinski definition) is 1. The van der Waals surface area contributed by atoms with Crippen molar-refractivity contribution >= 4 is 17.4 Å². The molecule has 1 heterocycles. The predicted octanol–water partition coefficient (Wildman–Crippen LogP) is 2.95. The smallest absolute Gasteiger partial charge is 0.236 e. The maximum atomic E-state index is 14.4. The molecule has 31 heavy (non-hydrogen) atoms. The third kappa shape index (κ3) is 5.82. The summed E-state index contributed by atoms with van der Waals surface area (Å²) in [5.41, 5.74) is 1.94. The second kappa shape index (κ2) is 9.92. The Bertz CT molecular complexity index is 924. The van der Waals surface area contributed by atoms with Crippen LogP contribution in [0, 0.1) is 5.82 Å². The van der Waals surface area contributed by atoms with E-state index in [1.165, 1.54) is 13.0 Å². The molecule has 1 aliphatic heterocycles. The molecule has 1 amide bonds. The zero-order valence-corrected chi connectivity index (χ0v) is 18.3. The Morgan fingerprint density at radius 2 is 1.74 bits per heavy atom. The molecule has 0 aliphatic carbocycles. The number of likely N-dealkylation sites (N-methyl/N-ethyl adjacent to an activating group) is 1. The van der Waals surface area contributed by atoms with Crippen LogP contribution in [0.3, 0.4) is 0 Å². The second-order valence-electron chi connectivity index (χ2n) is 8.22. The van der Waals surface area contributed by atoms with Gasteiger partial charge in [0.25, 0.3) is 0 Å². The lowest BCUT2D eigenvalue weighted by Gasteiger charge is -2.37. The summed E-state index contributed by atoms with van der Waals surface area (Å²) in [7, 11) is 1.94. The van der Waals surface area contributed by atoms with Gasteiger partial charge in [-0.15, -0.1) is 0 Å². The topological polar surface area (TPSA) is 64.1 Å². The van der Waals surface area contributed by atoms with E-state index < -0.39 is 5.82 Å². The van der Waals surface area contributed by atoms with Crippen LogP contribution in [0.4, 0.5) is 10.1 Å². The highest BCUT2D eigenvalue weighted by Crippen LogP contribution is 2.22. The van der Waals surface area contributed by atoms with Gasteiger partial charge in [-0.25, -0.2) is 4.39 Å². The van der Waals surface area contributed by atoms with Gasteiger partial charge in [0.2, 0.25) is 5.91 Å². The van der Waals surface area contributed by atoms with Crippen molar-refractivity contribution in [3.8, 4) is 5.75 Å². The molecule has 166 valence electrons. The molecule has 1 atom stereocenters. The number of piperazine rings is 1. The minimum atomic E-state index is -0.407. The number of rotatable bonds is 7. The molecule has 0 bridgehead atoms. The first kappa shape index (κ1) is 22.7. The van der Waals surface area contributed by atoms with Gasteiger partial charge in [-0.3, -0.25) is 14.5 Å². The summed E-state index contributed by atoms with van der Waals surface area (Å²) in [4.78, 5) is 29.9. The van der Waals surface area contributed by atoms with E-state index in [4.69, 9.17) is 0 Å². The van der Waals surface area contributed by atoms with Gasteiger partial charge in [-0.1, -0.05) is 12.1 Å². The van der Waals surface area contributed by atoms with E-state index in [1.807, 2.05) is 33.9 Å². The number of halogens is 1. The van der Waals surface area contributed by atoms with Gasteiger partial charge >= 0.3 is 0 Å². The maximum absolute atomic E-state index is 14.4. The molecule has 3 rings (SSSR count). The molecule has 1 saturated heterocycles. The average molecular weight is 428 g/mol. The summed E-state index contributed by atoms with van der Waals surface area (Å²) in [6.07, 6.45) is 0.785. The van der Waals surface area contributed by atoms with Gasteiger partial charge in [0.05, 0.1) is 12.2 Å². The number of phenols is 1. The molecule has 1 fully saturated rings. The number of amides is 1. The van der Waals surface area contributed by atoms with Crippen LogP contribution < -0.4 is 4.90 Å². The highest BCUT2D eigenvalue weighted by atomic mass is 19.1. The van der Waals surface area contributed by atoms with Crippen LogP contribution in [0.25, 0.3) is 0 Å². The number of benzene rings is 2. The molecule has 6 nitrogen and oxygen atoms in total. The zero-order valence-electron chi connectivity index (χ0n) is 18.3. The summed E-state index contributed by atoms with van der Waals surface area (Å²) in [5, 5.41) is 9.41. The fourth-order valence-corrected chi connectivity index (χ4v) is 3.78.